The van der Waals surface area contributed by atoms with Gasteiger partial charge in [0.2, 0.25) is 0 Å². The molecule has 20 heavy (non-hydrogen) atoms. The first-order valence-electron chi connectivity index (χ1n) is 6.78. The third kappa shape index (κ3) is 4.39. The summed E-state index contributed by atoms with van der Waals surface area (Å²) in [6.45, 7) is 2.90. The summed E-state index contributed by atoms with van der Waals surface area (Å²) >= 11 is 0. The van der Waals surface area contributed by atoms with Crippen molar-refractivity contribution in [2.24, 2.45) is 10.2 Å². The van der Waals surface area contributed by atoms with E-state index in [2.05, 4.69) is 17.2 Å². The Balaban J connectivity index is 1.94. The second kappa shape index (κ2) is 7.28. The molecule has 0 aliphatic carbocycles. The summed E-state index contributed by atoms with van der Waals surface area (Å²) in [7, 11) is 0. The molecule has 2 rings (SSSR count). The van der Waals surface area contributed by atoms with E-state index < -0.39 is 0 Å². The standard InChI is InChI=1S/C16H19N3O/c1-2-3-12-20-16-10-8-15(9-11-16)19-18-14-6-4-13(17)5-7-14/h4-11H,2-3,12,17H2,1H3. The molecule has 0 bridgehead atoms. The predicted molar refractivity (Wildman–Crippen MR) is 81.9 cm³/mol. The maximum Gasteiger partial charge on any atom is 0.119 e. The summed E-state index contributed by atoms with van der Waals surface area (Å²) in [5.74, 6) is 0.866. The molecule has 0 saturated heterocycles. The highest BCUT2D eigenvalue weighted by Crippen LogP contribution is 2.21. The molecule has 0 aliphatic heterocycles. The van der Waals surface area contributed by atoms with Crippen molar-refractivity contribution in [2.75, 3.05) is 12.3 Å². The third-order valence-electron chi connectivity index (χ3n) is 2.78. The second-order valence-electron chi connectivity index (χ2n) is 4.49. The molecule has 0 atom stereocenters. The molecule has 0 unspecified atom stereocenters. The quantitative estimate of drug-likeness (QED) is 0.462. The van der Waals surface area contributed by atoms with Crippen LogP contribution < -0.4 is 10.5 Å². The monoisotopic (exact) mass is 269 g/mol. The lowest BCUT2D eigenvalue weighted by Crippen LogP contribution is -1.95. The number of nitrogens with two attached hydrogens (primary N) is 1. The summed E-state index contributed by atoms with van der Waals surface area (Å²) in [5.41, 5.74) is 7.91. The summed E-state index contributed by atoms with van der Waals surface area (Å²) in [4.78, 5) is 0. The molecule has 0 heterocycles. The SMILES string of the molecule is CCCCOc1ccc(N=Nc2ccc(N)cc2)cc1. The first-order valence-corrected chi connectivity index (χ1v) is 6.78. The third-order valence-corrected chi connectivity index (χ3v) is 2.78. The Morgan fingerprint density at radius 3 is 2.00 bits per heavy atom. The van der Waals surface area contributed by atoms with Gasteiger partial charge in [0.15, 0.2) is 0 Å². The van der Waals surface area contributed by atoms with Gasteiger partial charge in [-0.15, -0.1) is 0 Å². The first-order chi connectivity index (χ1) is 9.78. The van der Waals surface area contributed by atoms with E-state index in [-0.39, 0.29) is 0 Å². The molecular formula is C16H19N3O. The molecule has 0 fully saturated rings. The Labute approximate surface area is 119 Å². The van der Waals surface area contributed by atoms with Gasteiger partial charge >= 0.3 is 0 Å². The maximum absolute atomic E-state index is 5.61. The number of anilines is 1. The molecule has 4 nitrogen and oxygen atoms in total. The minimum atomic E-state index is 0.720. The molecule has 2 N–H and O–H groups in total. The number of ether oxygens (including phenoxy) is 1. The number of hydrogen-bond donors (Lipinski definition) is 1. The molecular weight excluding hydrogens is 250 g/mol. The second-order valence-corrected chi connectivity index (χ2v) is 4.49. The van der Waals surface area contributed by atoms with E-state index >= 15 is 0 Å². The molecule has 0 aromatic heterocycles. The van der Waals surface area contributed by atoms with Gasteiger partial charge in [0.1, 0.15) is 5.75 Å². The van der Waals surface area contributed by atoms with Crippen molar-refractivity contribution in [3.8, 4) is 5.75 Å². The molecule has 0 radical (unpaired) electrons. The van der Waals surface area contributed by atoms with Crippen LogP contribution in [0, 0.1) is 0 Å². The Bertz CT molecular complexity index is 547. The lowest BCUT2D eigenvalue weighted by Gasteiger charge is -2.04. The Morgan fingerprint density at radius 1 is 0.900 bits per heavy atom. The van der Waals surface area contributed by atoms with Crippen LogP contribution in [0.5, 0.6) is 5.75 Å². The van der Waals surface area contributed by atoms with Crippen LogP contribution in [0.1, 0.15) is 19.8 Å². The van der Waals surface area contributed by atoms with Crippen molar-refractivity contribution >= 4 is 17.1 Å². The van der Waals surface area contributed by atoms with Crippen LogP contribution in [0.25, 0.3) is 0 Å². The van der Waals surface area contributed by atoms with Crippen molar-refractivity contribution in [1.29, 1.82) is 0 Å². The molecule has 104 valence electrons. The Kier molecular flexibility index (Phi) is 5.12. The number of unbranched alkanes of at least 4 members (excludes halogenated alkanes) is 1. The zero-order valence-corrected chi connectivity index (χ0v) is 11.6. The lowest BCUT2D eigenvalue weighted by atomic mass is 10.3. The minimum Gasteiger partial charge on any atom is -0.494 e. The maximum atomic E-state index is 5.61. The van der Waals surface area contributed by atoms with E-state index in [1.165, 1.54) is 0 Å². The lowest BCUT2D eigenvalue weighted by molar-refractivity contribution is 0.309. The highest BCUT2D eigenvalue weighted by molar-refractivity contribution is 5.48. The fourth-order valence-electron chi connectivity index (χ4n) is 1.60. The van der Waals surface area contributed by atoms with Gasteiger partial charge in [0.25, 0.3) is 0 Å². The average Bonchev–Trinajstić information content (AvgIpc) is 2.48. The van der Waals surface area contributed by atoms with E-state index in [9.17, 15) is 0 Å². The number of nitrogen functional groups attached to an aromatic ring is 1. The Hall–Kier alpha value is -2.36. The van der Waals surface area contributed by atoms with Crippen LogP contribution in [0.2, 0.25) is 0 Å². The van der Waals surface area contributed by atoms with Crippen molar-refractivity contribution in [3.63, 3.8) is 0 Å². The normalized spacial score (nSPS) is 10.8. The molecule has 0 saturated carbocycles. The molecule has 4 heteroatoms. The van der Waals surface area contributed by atoms with E-state index in [4.69, 9.17) is 10.5 Å². The van der Waals surface area contributed by atoms with Crippen LogP contribution in [-0.2, 0) is 0 Å². The van der Waals surface area contributed by atoms with Gasteiger partial charge in [-0.25, -0.2) is 0 Å². The smallest absolute Gasteiger partial charge is 0.119 e. The minimum absolute atomic E-state index is 0.720. The highest BCUT2D eigenvalue weighted by Gasteiger charge is 1.95. The number of nitrogens with zero attached hydrogens (tertiary/aromatic N) is 2. The summed E-state index contributed by atoms with van der Waals surface area (Å²) in [6, 6.07) is 14.9. The van der Waals surface area contributed by atoms with Crippen molar-refractivity contribution in [1.82, 2.24) is 0 Å². The van der Waals surface area contributed by atoms with Gasteiger partial charge in [-0.2, -0.15) is 10.2 Å². The largest absolute Gasteiger partial charge is 0.494 e. The predicted octanol–water partition coefficient (Wildman–Crippen LogP) is 4.86. The van der Waals surface area contributed by atoms with Crippen LogP contribution >= 0.6 is 0 Å². The van der Waals surface area contributed by atoms with E-state index in [0.717, 1.165) is 42.3 Å². The molecule has 2 aromatic rings. The van der Waals surface area contributed by atoms with Gasteiger partial charge in [-0.05, 0) is 55.0 Å². The van der Waals surface area contributed by atoms with Crippen LogP contribution in [0.4, 0.5) is 17.1 Å². The zero-order chi connectivity index (χ0) is 14.2. The summed E-state index contributed by atoms with van der Waals surface area (Å²) < 4.78 is 5.59. The number of azo groups is 1. The number of rotatable bonds is 6. The van der Waals surface area contributed by atoms with E-state index in [0.29, 0.717) is 0 Å². The van der Waals surface area contributed by atoms with Gasteiger partial charge in [-0.1, -0.05) is 13.3 Å². The molecule has 2 aromatic carbocycles. The van der Waals surface area contributed by atoms with Crippen LogP contribution in [0.15, 0.2) is 58.8 Å². The van der Waals surface area contributed by atoms with Gasteiger partial charge in [0, 0.05) is 5.69 Å². The van der Waals surface area contributed by atoms with E-state index in [1.54, 1.807) is 12.1 Å². The fourth-order valence-corrected chi connectivity index (χ4v) is 1.60. The molecule has 0 aliphatic rings. The van der Waals surface area contributed by atoms with Gasteiger partial charge < -0.3 is 10.5 Å². The summed E-state index contributed by atoms with van der Waals surface area (Å²) in [5, 5.41) is 8.32. The van der Waals surface area contributed by atoms with Crippen LogP contribution in [-0.4, -0.2) is 6.61 Å². The molecule has 0 spiro atoms. The first kappa shape index (κ1) is 14.1. The van der Waals surface area contributed by atoms with Crippen LogP contribution in [0.3, 0.4) is 0 Å². The average molecular weight is 269 g/mol. The van der Waals surface area contributed by atoms with Crippen molar-refractivity contribution in [3.05, 3.63) is 48.5 Å². The van der Waals surface area contributed by atoms with E-state index in [1.807, 2.05) is 36.4 Å². The molecule has 0 amide bonds. The van der Waals surface area contributed by atoms with Gasteiger partial charge in [-0.3, -0.25) is 0 Å². The Morgan fingerprint density at radius 2 is 1.45 bits per heavy atom. The van der Waals surface area contributed by atoms with Crippen molar-refractivity contribution < 1.29 is 4.74 Å². The number of hydrogen-bond acceptors (Lipinski definition) is 4. The zero-order valence-electron chi connectivity index (χ0n) is 11.6. The fraction of sp³-hybridized carbons (Fsp3) is 0.250. The highest BCUT2D eigenvalue weighted by atomic mass is 16.5. The van der Waals surface area contributed by atoms with Crippen molar-refractivity contribution in [2.45, 2.75) is 19.8 Å². The number of benzene rings is 2. The summed E-state index contributed by atoms with van der Waals surface area (Å²) in [6.07, 6.45) is 2.20. The van der Waals surface area contributed by atoms with Gasteiger partial charge in [0.05, 0.1) is 18.0 Å². The topological polar surface area (TPSA) is 60.0 Å².